The topological polar surface area (TPSA) is 96.4 Å². The molecule has 0 fully saturated rings. The largest absolute Gasteiger partial charge is 0.481 e. The van der Waals surface area contributed by atoms with Crippen LogP contribution in [0.25, 0.3) is 0 Å². The third-order valence-corrected chi connectivity index (χ3v) is 5.27. The number of aliphatic carboxylic acids is 1. The van der Waals surface area contributed by atoms with Crippen LogP contribution in [0.2, 0.25) is 0 Å². The van der Waals surface area contributed by atoms with Crippen molar-refractivity contribution < 1.29 is 29.0 Å². The zero-order valence-electron chi connectivity index (χ0n) is 18.9. The van der Waals surface area contributed by atoms with Gasteiger partial charge in [-0.1, -0.05) is 18.2 Å². The number of hydrogen-bond acceptors (Lipinski definition) is 6. The van der Waals surface area contributed by atoms with E-state index in [9.17, 15) is 19.5 Å². The summed E-state index contributed by atoms with van der Waals surface area (Å²) >= 11 is 0. The number of benzene rings is 2. The number of carbonyl (C=O) groups excluding carboxylic acids is 2. The Labute approximate surface area is 187 Å². The van der Waals surface area contributed by atoms with Crippen LogP contribution in [-0.4, -0.2) is 55.5 Å². The lowest BCUT2D eigenvalue weighted by Crippen LogP contribution is -2.49. The lowest BCUT2D eigenvalue weighted by molar-refractivity contribution is -0.139. The molecule has 2 aromatic carbocycles. The van der Waals surface area contributed by atoms with Gasteiger partial charge in [0.1, 0.15) is 11.5 Å². The second-order valence-electron chi connectivity index (χ2n) is 8.71. The molecule has 0 aliphatic carbocycles. The summed E-state index contributed by atoms with van der Waals surface area (Å²) < 4.78 is 10.4. The van der Waals surface area contributed by atoms with Gasteiger partial charge in [-0.3, -0.25) is 9.69 Å². The van der Waals surface area contributed by atoms with Gasteiger partial charge in [-0.05, 0) is 56.7 Å². The Kier molecular flexibility index (Phi) is 6.43. The number of rotatable bonds is 5. The molecular formula is C24H28N2O6. The summed E-state index contributed by atoms with van der Waals surface area (Å²) in [5, 5.41) is 10.1. The molecule has 0 aromatic heterocycles. The summed E-state index contributed by atoms with van der Waals surface area (Å²) in [6.45, 7) is 5.49. The summed E-state index contributed by atoms with van der Waals surface area (Å²) in [5.41, 5.74) is 1.12. The van der Waals surface area contributed by atoms with Gasteiger partial charge in [-0.15, -0.1) is 0 Å². The van der Waals surface area contributed by atoms with Crippen molar-refractivity contribution in [1.29, 1.82) is 0 Å². The first-order valence-corrected chi connectivity index (χ1v) is 10.3. The van der Waals surface area contributed by atoms with Crippen LogP contribution in [0.1, 0.15) is 42.6 Å². The van der Waals surface area contributed by atoms with Gasteiger partial charge in [-0.2, -0.15) is 0 Å². The number of carboxylic acids is 1. The Morgan fingerprint density at radius 3 is 2.31 bits per heavy atom. The number of esters is 1. The predicted molar refractivity (Wildman–Crippen MR) is 120 cm³/mol. The molecule has 0 saturated carbocycles. The van der Waals surface area contributed by atoms with E-state index in [1.807, 2.05) is 42.3 Å². The summed E-state index contributed by atoms with van der Waals surface area (Å²) in [5.74, 6) is -2.72. The highest BCUT2D eigenvalue weighted by Crippen LogP contribution is 2.43. The van der Waals surface area contributed by atoms with E-state index in [4.69, 9.17) is 9.47 Å². The maximum absolute atomic E-state index is 13.2. The minimum absolute atomic E-state index is 0.221. The molecule has 2 atom stereocenters. The Balaban J connectivity index is 2.08. The highest BCUT2D eigenvalue weighted by atomic mass is 16.6. The van der Waals surface area contributed by atoms with Gasteiger partial charge in [-0.25, -0.2) is 9.59 Å². The first-order valence-electron chi connectivity index (χ1n) is 10.3. The average Bonchev–Trinajstić information content (AvgIpc) is 3.05. The number of carbonyl (C=O) groups is 3. The zero-order valence-corrected chi connectivity index (χ0v) is 18.9. The molecule has 32 heavy (non-hydrogen) atoms. The number of fused-ring (bicyclic) bond motifs is 1. The SMILES string of the molecule is COC(=O)c1ccc2c(c1)C(C(=O)O)C(CN(C)c1ccccc1)N2C(=O)OC(C)(C)C. The lowest BCUT2D eigenvalue weighted by Gasteiger charge is -2.33. The molecule has 0 spiro atoms. The molecule has 1 aliphatic rings. The Morgan fingerprint density at radius 1 is 1.09 bits per heavy atom. The Bertz CT molecular complexity index is 1010. The molecule has 0 saturated heterocycles. The molecule has 1 aliphatic heterocycles. The van der Waals surface area contributed by atoms with E-state index in [0.717, 1.165) is 5.69 Å². The number of anilines is 2. The van der Waals surface area contributed by atoms with Crippen LogP contribution in [0.5, 0.6) is 0 Å². The fourth-order valence-electron chi connectivity index (χ4n) is 3.90. The van der Waals surface area contributed by atoms with Gasteiger partial charge in [0.05, 0.1) is 24.4 Å². The van der Waals surface area contributed by atoms with Crippen molar-refractivity contribution in [1.82, 2.24) is 0 Å². The van der Waals surface area contributed by atoms with E-state index in [1.165, 1.54) is 24.1 Å². The van der Waals surface area contributed by atoms with E-state index in [2.05, 4.69) is 0 Å². The van der Waals surface area contributed by atoms with Crippen molar-refractivity contribution in [3.8, 4) is 0 Å². The summed E-state index contributed by atoms with van der Waals surface area (Å²) in [4.78, 5) is 40.9. The van der Waals surface area contributed by atoms with E-state index in [-0.39, 0.29) is 12.1 Å². The number of carboxylic acid groups (broad SMARTS) is 1. The Hall–Kier alpha value is -3.55. The molecule has 0 bridgehead atoms. The molecule has 8 nitrogen and oxygen atoms in total. The van der Waals surface area contributed by atoms with Crippen LogP contribution >= 0.6 is 0 Å². The second-order valence-corrected chi connectivity index (χ2v) is 8.71. The standard InChI is InChI=1S/C24H28N2O6/c1-24(2,3)32-23(30)26-18-12-11-15(22(29)31-5)13-17(18)20(21(27)28)19(26)14-25(4)16-9-7-6-8-10-16/h6-13,19-20H,14H2,1-5H3,(H,27,28). The van der Waals surface area contributed by atoms with E-state index in [1.54, 1.807) is 26.8 Å². The highest BCUT2D eigenvalue weighted by Gasteiger charge is 2.47. The minimum Gasteiger partial charge on any atom is -0.481 e. The third kappa shape index (κ3) is 4.69. The number of likely N-dealkylation sites (N-methyl/N-ethyl adjacent to an activating group) is 1. The molecule has 8 heteroatoms. The number of methoxy groups -OCH3 is 1. The fraction of sp³-hybridized carbons (Fsp3) is 0.375. The quantitative estimate of drug-likeness (QED) is 0.705. The zero-order chi connectivity index (χ0) is 23.6. The summed E-state index contributed by atoms with van der Waals surface area (Å²) in [6, 6.07) is 13.3. The third-order valence-electron chi connectivity index (χ3n) is 5.27. The number of amides is 1. The smallest absolute Gasteiger partial charge is 0.415 e. The number of hydrogen-bond donors (Lipinski definition) is 1. The van der Waals surface area contributed by atoms with Crippen molar-refractivity contribution in [2.75, 3.05) is 30.5 Å². The van der Waals surface area contributed by atoms with Crippen LogP contribution < -0.4 is 9.80 Å². The Morgan fingerprint density at radius 2 is 1.75 bits per heavy atom. The van der Waals surface area contributed by atoms with E-state index in [0.29, 0.717) is 11.3 Å². The van der Waals surface area contributed by atoms with Gasteiger partial charge < -0.3 is 19.5 Å². The van der Waals surface area contributed by atoms with Gasteiger partial charge >= 0.3 is 18.0 Å². The molecule has 2 unspecified atom stereocenters. The van der Waals surface area contributed by atoms with Gasteiger partial charge in [0.25, 0.3) is 0 Å². The first-order chi connectivity index (χ1) is 15.0. The minimum atomic E-state index is -1.09. The highest BCUT2D eigenvalue weighted by molar-refractivity contribution is 5.99. The normalized spacial score (nSPS) is 17.5. The molecule has 3 rings (SSSR count). The van der Waals surface area contributed by atoms with Crippen molar-refractivity contribution in [3.63, 3.8) is 0 Å². The molecule has 1 heterocycles. The fourth-order valence-corrected chi connectivity index (χ4v) is 3.90. The second kappa shape index (κ2) is 8.90. The van der Waals surface area contributed by atoms with Crippen molar-refractivity contribution in [2.24, 2.45) is 0 Å². The summed E-state index contributed by atoms with van der Waals surface area (Å²) in [6.07, 6.45) is -0.639. The van der Waals surface area contributed by atoms with Gasteiger partial charge in [0.2, 0.25) is 0 Å². The van der Waals surface area contributed by atoms with Crippen LogP contribution in [0.4, 0.5) is 16.2 Å². The molecule has 170 valence electrons. The van der Waals surface area contributed by atoms with Crippen LogP contribution in [-0.2, 0) is 14.3 Å². The van der Waals surface area contributed by atoms with Crippen LogP contribution in [0.15, 0.2) is 48.5 Å². The maximum atomic E-state index is 13.2. The lowest BCUT2D eigenvalue weighted by atomic mass is 9.93. The molecular weight excluding hydrogens is 412 g/mol. The number of ether oxygens (including phenoxy) is 2. The van der Waals surface area contributed by atoms with Crippen molar-refractivity contribution >= 4 is 29.4 Å². The monoisotopic (exact) mass is 440 g/mol. The van der Waals surface area contributed by atoms with Crippen LogP contribution in [0, 0.1) is 0 Å². The van der Waals surface area contributed by atoms with Crippen molar-refractivity contribution in [3.05, 3.63) is 59.7 Å². The summed E-state index contributed by atoms with van der Waals surface area (Å²) in [7, 11) is 3.10. The van der Waals surface area contributed by atoms with Crippen LogP contribution in [0.3, 0.4) is 0 Å². The predicted octanol–water partition coefficient (Wildman–Crippen LogP) is 3.90. The molecule has 2 aromatic rings. The molecule has 0 radical (unpaired) electrons. The van der Waals surface area contributed by atoms with Crippen molar-refractivity contribution in [2.45, 2.75) is 38.3 Å². The average molecular weight is 440 g/mol. The number of para-hydroxylation sites is 1. The van der Waals surface area contributed by atoms with Gasteiger partial charge in [0, 0.05) is 19.3 Å². The van der Waals surface area contributed by atoms with Gasteiger partial charge in [0.15, 0.2) is 0 Å². The first kappa shape index (κ1) is 23.1. The molecule has 1 amide bonds. The number of nitrogens with zero attached hydrogens (tertiary/aromatic N) is 2. The molecule has 1 N–H and O–H groups in total. The van der Waals surface area contributed by atoms with E-state index < -0.39 is 35.6 Å². The van der Waals surface area contributed by atoms with E-state index >= 15 is 0 Å². The maximum Gasteiger partial charge on any atom is 0.415 e.